The molecule has 0 amide bonds. The average molecular weight is 858 g/mol. The van der Waals surface area contributed by atoms with Crippen LogP contribution in [0.15, 0.2) is 16.6 Å². The summed E-state index contributed by atoms with van der Waals surface area (Å²) in [5.41, 5.74) is 7.92. The molecule has 0 saturated heterocycles. The molecule has 0 aromatic carbocycles. The number of esters is 2. The lowest BCUT2D eigenvalue weighted by molar-refractivity contribution is -0.161. The molecule has 7 atom stereocenters. The largest absolute Gasteiger partial charge is 0.472 e. The number of carbonyl (C=O) groups excluding carboxylic acids is 2. The van der Waals surface area contributed by atoms with E-state index in [9.17, 15) is 34.4 Å². The van der Waals surface area contributed by atoms with Crippen molar-refractivity contribution in [3.63, 3.8) is 0 Å². The predicted molar refractivity (Wildman–Crippen MR) is 230 cm³/mol. The SMILES string of the molecule is CCCCCc1oc(CCCCCCCCC(=O)O[C@H](COC(=O)CCCCCC[C@@H]2[C@@H](/C=C/[C@@H](O)CCCCC)[C@H](O)C[C@@H]2O)COP(=O)(O)OCCN)c(C)c1C. The Morgan fingerprint density at radius 2 is 1.37 bits per heavy atom. The highest BCUT2D eigenvalue weighted by Crippen LogP contribution is 2.43. The van der Waals surface area contributed by atoms with Gasteiger partial charge in [-0.05, 0) is 69.4 Å². The van der Waals surface area contributed by atoms with Crippen LogP contribution in [0.5, 0.6) is 0 Å². The smallest absolute Gasteiger partial charge is 0.466 e. The van der Waals surface area contributed by atoms with Crippen LogP contribution in [0, 0.1) is 25.7 Å². The van der Waals surface area contributed by atoms with Crippen molar-refractivity contribution < 1.29 is 57.3 Å². The van der Waals surface area contributed by atoms with Gasteiger partial charge in [-0.25, -0.2) is 4.57 Å². The minimum absolute atomic E-state index is 0.0150. The van der Waals surface area contributed by atoms with Crippen molar-refractivity contribution in [2.45, 2.75) is 200 Å². The summed E-state index contributed by atoms with van der Waals surface area (Å²) in [5.74, 6) is 0.955. The molecule has 0 aliphatic heterocycles. The quantitative estimate of drug-likeness (QED) is 0.0188. The minimum Gasteiger partial charge on any atom is -0.466 e. The highest BCUT2D eigenvalue weighted by Gasteiger charge is 2.39. The summed E-state index contributed by atoms with van der Waals surface area (Å²) in [7, 11) is -4.45. The van der Waals surface area contributed by atoms with E-state index < -0.39 is 50.8 Å². The number of phosphoric acid groups is 1. The minimum atomic E-state index is -4.45. The van der Waals surface area contributed by atoms with Gasteiger partial charge in [-0.2, -0.15) is 0 Å². The number of aliphatic hydroxyl groups excluding tert-OH is 3. The fraction of sp³-hybridized carbons (Fsp3) is 0.822. The van der Waals surface area contributed by atoms with E-state index in [0.717, 1.165) is 108 Å². The Labute approximate surface area is 354 Å². The number of aliphatic hydroxyl groups is 3. The van der Waals surface area contributed by atoms with Crippen LogP contribution < -0.4 is 5.73 Å². The van der Waals surface area contributed by atoms with Crippen molar-refractivity contribution >= 4 is 19.8 Å². The molecule has 59 heavy (non-hydrogen) atoms. The number of ether oxygens (including phenoxy) is 2. The van der Waals surface area contributed by atoms with Crippen LogP contribution >= 0.6 is 7.82 Å². The van der Waals surface area contributed by atoms with Crippen molar-refractivity contribution in [3.05, 3.63) is 34.8 Å². The number of hydrogen-bond acceptors (Lipinski definition) is 12. The van der Waals surface area contributed by atoms with Crippen molar-refractivity contribution in [2.75, 3.05) is 26.4 Å². The Kier molecular flexibility index (Phi) is 27.7. The molecule has 1 aromatic rings. The molecule has 13 nitrogen and oxygen atoms in total. The molecule has 1 aliphatic rings. The number of unbranched alkanes of at least 4 members (excludes halogenated alkanes) is 12. The van der Waals surface area contributed by atoms with Crippen LogP contribution in [0.4, 0.5) is 0 Å². The van der Waals surface area contributed by atoms with Crippen LogP contribution in [-0.4, -0.2) is 82.9 Å². The molecule has 14 heteroatoms. The highest BCUT2D eigenvalue weighted by molar-refractivity contribution is 7.47. The Bertz CT molecular complexity index is 1370. The van der Waals surface area contributed by atoms with Crippen LogP contribution in [0.1, 0.15) is 171 Å². The van der Waals surface area contributed by atoms with Gasteiger partial charge in [-0.1, -0.05) is 103 Å². The summed E-state index contributed by atoms with van der Waals surface area (Å²) in [4.78, 5) is 35.3. The van der Waals surface area contributed by atoms with E-state index >= 15 is 0 Å². The lowest BCUT2D eigenvalue weighted by atomic mass is 9.88. The lowest BCUT2D eigenvalue weighted by Gasteiger charge is -2.21. The standard InChI is InChI=1S/C45H80NO12P/c1-5-7-15-21-36(47)27-28-39-38(40(48)31-41(39)49)22-17-13-14-19-25-44(50)54-32-37(33-56-59(52,53)55-30-29-46)57-45(51)26-20-12-10-9-11-18-24-43-35(4)34(3)42(58-43)23-16-8-6-2/h27-28,36-41,47-49H,5-26,29-33,46H2,1-4H3,(H,52,53)/b28-27+/t36-,37+,38+,39+,40-,41+/m0/s1. The maximum atomic E-state index is 12.7. The number of nitrogens with two attached hydrogens (primary N) is 1. The normalized spacial score (nSPS) is 20.2. The lowest BCUT2D eigenvalue weighted by Crippen LogP contribution is -2.29. The van der Waals surface area contributed by atoms with E-state index in [0.29, 0.717) is 25.7 Å². The zero-order valence-corrected chi connectivity index (χ0v) is 37.7. The number of carbonyl (C=O) groups is 2. The molecule has 6 N–H and O–H groups in total. The van der Waals surface area contributed by atoms with Crippen molar-refractivity contribution in [1.29, 1.82) is 0 Å². The van der Waals surface area contributed by atoms with Crippen molar-refractivity contribution in [1.82, 2.24) is 0 Å². The number of rotatable bonds is 35. The summed E-state index contributed by atoms with van der Waals surface area (Å²) < 4.78 is 39.1. The monoisotopic (exact) mass is 858 g/mol. The van der Waals surface area contributed by atoms with Crippen LogP contribution in [0.2, 0.25) is 0 Å². The molecule has 2 rings (SSSR count). The van der Waals surface area contributed by atoms with Gasteiger partial charge in [0.15, 0.2) is 6.10 Å². The van der Waals surface area contributed by atoms with E-state index in [1.807, 2.05) is 6.08 Å². The Morgan fingerprint density at radius 3 is 2.02 bits per heavy atom. The van der Waals surface area contributed by atoms with E-state index in [1.165, 1.54) is 24.0 Å². The van der Waals surface area contributed by atoms with Gasteiger partial charge in [0.05, 0.1) is 31.5 Å². The molecule has 1 fully saturated rings. The summed E-state index contributed by atoms with van der Waals surface area (Å²) in [6, 6.07) is 0. The molecule has 0 radical (unpaired) electrons. The second-order valence-corrected chi connectivity index (χ2v) is 17.9. The Hall–Kier alpha value is -2.09. The van der Waals surface area contributed by atoms with Gasteiger partial charge in [0.1, 0.15) is 18.1 Å². The zero-order chi connectivity index (χ0) is 43.5. The van der Waals surface area contributed by atoms with Gasteiger partial charge in [-0.3, -0.25) is 18.6 Å². The molecule has 342 valence electrons. The summed E-state index contributed by atoms with van der Waals surface area (Å²) in [5, 5.41) is 31.4. The van der Waals surface area contributed by atoms with Crippen molar-refractivity contribution in [3.8, 4) is 0 Å². The van der Waals surface area contributed by atoms with Crippen LogP contribution in [0.3, 0.4) is 0 Å². The molecular weight excluding hydrogens is 777 g/mol. The van der Waals surface area contributed by atoms with Gasteiger partial charge in [0, 0.05) is 44.6 Å². The number of hydrogen-bond donors (Lipinski definition) is 5. The first kappa shape index (κ1) is 53.0. The van der Waals surface area contributed by atoms with E-state index in [4.69, 9.17) is 28.7 Å². The van der Waals surface area contributed by atoms with Crippen LogP contribution in [0.25, 0.3) is 0 Å². The second kappa shape index (κ2) is 30.9. The second-order valence-electron chi connectivity index (χ2n) is 16.5. The number of furan rings is 1. The molecule has 0 bridgehead atoms. The summed E-state index contributed by atoms with van der Waals surface area (Å²) in [6.45, 7) is 7.62. The molecule has 1 unspecified atom stereocenters. The molecule has 0 spiro atoms. The maximum absolute atomic E-state index is 12.7. The van der Waals surface area contributed by atoms with Gasteiger partial charge >= 0.3 is 19.8 Å². The van der Waals surface area contributed by atoms with Crippen molar-refractivity contribution in [2.24, 2.45) is 17.6 Å². The number of phosphoric ester groups is 1. The highest BCUT2D eigenvalue weighted by atomic mass is 31.2. The van der Waals surface area contributed by atoms with Gasteiger partial charge < -0.3 is 39.8 Å². The number of aryl methyl sites for hydroxylation is 2. The first-order valence-corrected chi connectivity index (χ1v) is 24.3. The predicted octanol–water partition coefficient (Wildman–Crippen LogP) is 8.65. The van der Waals surface area contributed by atoms with E-state index in [-0.39, 0.29) is 44.4 Å². The topological polar surface area (TPSA) is 208 Å². The maximum Gasteiger partial charge on any atom is 0.472 e. The Morgan fingerprint density at radius 1 is 0.797 bits per heavy atom. The first-order valence-electron chi connectivity index (χ1n) is 22.8. The van der Waals surface area contributed by atoms with E-state index in [1.54, 1.807) is 6.08 Å². The van der Waals surface area contributed by atoms with Gasteiger partial charge in [0.25, 0.3) is 0 Å². The third-order valence-electron chi connectivity index (χ3n) is 11.5. The molecule has 1 aromatic heterocycles. The fourth-order valence-corrected chi connectivity index (χ4v) is 8.50. The molecular formula is C45H80NO12P. The zero-order valence-electron chi connectivity index (χ0n) is 36.8. The third-order valence-corrected chi connectivity index (χ3v) is 12.4. The molecule has 1 saturated carbocycles. The van der Waals surface area contributed by atoms with E-state index in [2.05, 4.69) is 27.7 Å². The Balaban J connectivity index is 1.70. The van der Waals surface area contributed by atoms with Crippen LogP contribution in [-0.2, 0) is 45.5 Å². The van der Waals surface area contributed by atoms with Gasteiger partial charge in [-0.15, -0.1) is 0 Å². The first-order chi connectivity index (χ1) is 28.3. The molecule has 1 heterocycles. The molecule has 1 aliphatic carbocycles. The third kappa shape index (κ3) is 22.5. The summed E-state index contributed by atoms with van der Waals surface area (Å²) >= 11 is 0. The fourth-order valence-electron chi connectivity index (χ4n) is 7.73. The van der Waals surface area contributed by atoms with Gasteiger partial charge in [0.2, 0.25) is 0 Å². The summed E-state index contributed by atoms with van der Waals surface area (Å²) in [6.07, 6.45) is 20.0. The average Bonchev–Trinajstić information content (AvgIpc) is 3.63.